The summed E-state index contributed by atoms with van der Waals surface area (Å²) in [4.78, 5) is 4.31. The van der Waals surface area contributed by atoms with E-state index in [1.54, 1.807) is 18.3 Å². The molecule has 0 aliphatic heterocycles. The first kappa shape index (κ1) is 16.5. The summed E-state index contributed by atoms with van der Waals surface area (Å²) in [6.07, 6.45) is 3.47. The Morgan fingerprint density at radius 3 is 2.63 bits per heavy atom. The minimum Gasteiger partial charge on any atom is -0.598 e. The normalized spacial score (nSPS) is 16.7. The maximum absolute atomic E-state index is 12.3. The lowest BCUT2D eigenvalue weighted by molar-refractivity contribution is 0.473. The molecule has 0 aromatic carbocycles. The summed E-state index contributed by atoms with van der Waals surface area (Å²) in [6.45, 7) is 11.6. The predicted octanol–water partition coefficient (Wildman–Crippen LogP) is 3.65. The van der Waals surface area contributed by atoms with Crippen LogP contribution in [0, 0.1) is 5.92 Å². The second-order valence-electron chi connectivity index (χ2n) is 5.47. The van der Waals surface area contributed by atoms with E-state index in [0.29, 0.717) is 5.02 Å². The van der Waals surface area contributed by atoms with Gasteiger partial charge in [0.1, 0.15) is 10.8 Å². The zero-order valence-corrected chi connectivity index (χ0v) is 13.4. The van der Waals surface area contributed by atoms with Crippen molar-refractivity contribution < 1.29 is 4.55 Å². The van der Waals surface area contributed by atoms with Crippen molar-refractivity contribution in [1.29, 1.82) is 0 Å². The molecule has 0 fully saturated rings. The molecule has 0 radical (unpaired) electrons. The third-order valence-electron chi connectivity index (χ3n) is 2.75. The zero-order valence-electron chi connectivity index (χ0n) is 11.8. The van der Waals surface area contributed by atoms with Crippen LogP contribution in [-0.2, 0) is 11.4 Å². The highest BCUT2D eigenvalue weighted by Gasteiger charge is 2.32. The molecule has 0 aliphatic carbocycles. The maximum atomic E-state index is 12.3. The summed E-state index contributed by atoms with van der Waals surface area (Å²) in [5.41, 5.74) is 0.775. The van der Waals surface area contributed by atoms with E-state index in [-0.39, 0.29) is 16.7 Å². The average molecular weight is 301 g/mol. The van der Waals surface area contributed by atoms with Crippen LogP contribution in [0.4, 0.5) is 0 Å². The van der Waals surface area contributed by atoms with Gasteiger partial charge in [-0.1, -0.05) is 24.6 Å². The molecule has 0 amide bonds. The van der Waals surface area contributed by atoms with Crippen molar-refractivity contribution in [3.63, 3.8) is 0 Å². The van der Waals surface area contributed by atoms with E-state index in [4.69, 9.17) is 11.6 Å². The van der Waals surface area contributed by atoms with Crippen molar-refractivity contribution in [2.75, 3.05) is 0 Å². The molecular weight excluding hydrogens is 280 g/mol. The minimum absolute atomic E-state index is 0.0947. The van der Waals surface area contributed by atoms with Crippen LogP contribution in [0.2, 0.25) is 5.02 Å². The van der Waals surface area contributed by atoms with Gasteiger partial charge in [0, 0.05) is 22.6 Å². The van der Waals surface area contributed by atoms with Crippen molar-refractivity contribution in [3.8, 4) is 0 Å². The minimum atomic E-state index is -1.18. The molecule has 0 spiro atoms. The van der Waals surface area contributed by atoms with Crippen LogP contribution in [0.15, 0.2) is 31.0 Å². The Hall–Kier alpha value is -0.550. The molecule has 106 valence electrons. The van der Waals surface area contributed by atoms with Gasteiger partial charge in [-0.05, 0) is 38.8 Å². The van der Waals surface area contributed by atoms with E-state index in [1.165, 1.54) is 0 Å². The van der Waals surface area contributed by atoms with Crippen LogP contribution in [0.3, 0.4) is 0 Å². The summed E-state index contributed by atoms with van der Waals surface area (Å²) in [7, 11) is 0. The van der Waals surface area contributed by atoms with Gasteiger partial charge < -0.3 is 4.55 Å². The summed E-state index contributed by atoms with van der Waals surface area (Å²) in [6, 6.07) is 3.34. The van der Waals surface area contributed by atoms with E-state index < -0.39 is 11.4 Å². The van der Waals surface area contributed by atoms with Gasteiger partial charge in [-0.15, -0.1) is 11.3 Å². The Labute approximate surface area is 123 Å². The number of nitrogens with zero attached hydrogens (tertiary/aromatic N) is 1. The highest BCUT2D eigenvalue weighted by molar-refractivity contribution is 7.90. The second kappa shape index (κ2) is 6.75. The molecule has 3 nitrogen and oxygen atoms in total. The first-order chi connectivity index (χ1) is 8.75. The van der Waals surface area contributed by atoms with Crippen LogP contribution < -0.4 is 4.72 Å². The molecule has 19 heavy (non-hydrogen) atoms. The lowest BCUT2D eigenvalue weighted by Crippen LogP contribution is -2.43. The Bertz CT molecular complexity index is 434. The van der Waals surface area contributed by atoms with E-state index in [1.807, 2.05) is 33.8 Å². The highest BCUT2D eigenvalue weighted by atomic mass is 35.5. The first-order valence-electron chi connectivity index (χ1n) is 6.17. The summed E-state index contributed by atoms with van der Waals surface area (Å²) >= 11 is 4.82. The van der Waals surface area contributed by atoms with E-state index in [2.05, 4.69) is 16.3 Å². The van der Waals surface area contributed by atoms with Crippen molar-refractivity contribution in [3.05, 3.63) is 41.7 Å². The fraction of sp³-hybridized carbons (Fsp3) is 0.500. The Balaban J connectivity index is 2.99. The van der Waals surface area contributed by atoms with Crippen molar-refractivity contribution in [2.24, 2.45) is 5.92 Å². The third kappa shape index (κ3) is 4.80. The van der Waals surface area contributed by atoms with E-state index >= 15 is 0 Å². The van der Waals surface area contributed by atoms with Gasteiger partial charge in [0.15, 0.2) is 0 Å². The summed E-state index contributed by atoms with van der Waals surface area (Å²) < 4.78 is 15.1. The SMILES string of the molecule is C=C[C@H](C)[C@H](N[S+]([O-])C(C)(C)C)c1cc(Cl)ccn1. The number of pyridine rings is 1. The standard InChI is InChI=1S/C14H21ClN2OS/c1-6-10(2)13(17-19(18)14(3,4)5)12-9-11(15)7-8-16-12/h6-10,13,17H,1H2,2-5H3/t10-,13-,19?/m0/s1. The summed E-state index contributed by atoms with van der Waals surface area (Å²) in [5.74, 6) is 0.0947. The van der Waals surface area contributed by atoms with Gasteiger partial charge in [-0.2, -0.15) is 0 Å². The molecule has 1 aromatic heterocycles. The van der Waals surface area contributed by atoms with Gasteiger partial charge in [0.05, 0.1) is 5.69 Å². The van der Waals surface area contributed by atoms with Crippen molar-refractivity contribution in [2.45, 2.75) is 38.5 Å². The topological polar surface area (TPSA) is 48.0 Å². The Kier molecular flexibility index (Phi) is 5.86. The molecule has 3 atom stereocenters. The molecule has 0 saturated carbocycles. The van der Waals surface area contributed by atoms with Crippen LogP contribution >= 0.6 is 11.6 Å². The number of nitrogens with one attached hydrogen (secondary N) is 1. The number of halogens is 1. The average Bonchev–Trinajstić information content (AvgIpc) is 2.33. The Morgan fingerprint density at radius 2 is 2.16 bits per heavy atom. The fourth-order valence-corrected chi connectivity index (χ4v) is 2.54. The number of aromatic nitrogens is 1. The number of hydrogen-bond acceptors (Lipinski definition) is 3. The lowest BCUT2D eigenvalue weighted by Gasteiger charge is -2.29. The molecule has 0 aliphatic rings. The summed E-state index contributed by atoms with van der Waals surface area (Å²) in [5, 5.41) is 0.620. The van der Waals surface area contributed by atoms with Gasteiger partial charge in [0.2, 0.25) is 0 Å². The van der Waals surface area contributed by atoms with Crippen molar-refractivity contribution in [1.82, 2.24) is 9.71 Å². The van der Waals surface area contributed by atoms with Gasteiger partial charge in [-0.3, -0.25) is 4.98 Å². The van der Waals surface area contributed by atoms with Crippen LogP contribution in [-0.4, -0.2) is 14.3 Å². The fourth-order valence-electron chi connectivity index (χ4n) is 1.46. The second-order valence-corrected chi connectivity index (χ2v) is 7.90. The maximum Gasteiger partial charge on any atom is 0.136 e. The largest absolute Gasteiger partial charge is 0.598 e. The Morgan fingerprint density at radius 1 is 1.53 bits per heavy atom. The number of hydrogen-bond donors (Lipinski definition) is 1. The van der Waals surface area contributed by atoms with Gasteiger partial charge in [0.25, 0.3) is 0 Å². The van der Waals surface area contributed by atoms with Gasteiger partial charge in [-0.25, -0.2) is 0 Å². The van der Waals surface area contributed by atoms with Crippen LogP contribution in [0.5, 0.6) is 0 Å². The van der Waals surface area contributed by atoms with Crippen LogP contribution in [0.25, 0.3) is 0 Å². The monoisotopic (exact) mass is 300 g/mol. The molecule has 1 rings (SSSR count). The van der Waals surface area contributed by atoms with E-state index in [9.17, 15) is 4.55 Å². The van der Waals surface area contributed by atoms with Crippen LogP contribution in [0.1, 0.15) is 39.4 Å². The lowest BCUT2D eigenvalue weighted by atomic mass is 10.00. The molecule has 1 aromatic rings. The smallest absolute Gasteiger partial charge is 0.136 e. The molecule has 0 saturated heterocycles. The zero-order chi connectivity index (χ0) is 14.6. The first-order valence-corrected chi connectivity index (χ1v) is 7.70. The van der Waals surface area contributed by atoms with Gasteiger partial charge >= 0.3 is 0 Å². The molecule has 1 heterocycles. The molecule has 1 unspecified atom stereocenters. The molecule has 1 N–H and O–H groups in total. The molecule has 0 bridgehead atoms. The number of rotatable bonds is 5. The predicted molar refractivity (Wildman–Crippen MR) is 82.4 cm³/mol. The highest BCUT2D eigenvalue weighted by Crippen LogP contribution is 2.26. The molecule has 5 heteroatoms. The molecular formula is C14H21ClN2OS. The third-order valence-corrected chi connectivity index (χ3v) is 4.57. The van der Waals surface area contributed by atoms with E-state index in [0.717, 1.165) is 5.69 Å². The quantitative estimate of drug-likeness (QED) is 0.667. The van der Waals surface area contributed by atoms with Crippen molar-refractivity contribution >= 4 is 23.0 Å².